The lowest BCUT2D eigenvalue weighted by molar-refractivity contribution is -0.873. The van der Waals surface area contributed by atoms with Crippen LogP contribution >= 0.6 is 0 Å². The van der Waals surface area contributed by atoms with Gasteiger partial charge in [-0.3, -0.25) is 4.79 Å². The van der Waals surface area contributed by atoms with Crippen LogP contribution in [0.2, 0.25) is 0 Å². The minimum atomic E-state index is -0.0622. The van der Waals surface area contributed by atoms with E-state index in [0.717, 1.165) is 16.3 Å². The second-order valence-electron chi connectivity index (χ2n) is 4.64. The molecule has 5 heteroatoms. The van der Waals surface area contributed by atoms with Crippen molar-refractivity contribution in [1.29, 1.82) is 5.26 Å². The molecule has 5 nitrogen and oxygen atoms in total. The van der Waals surface area contributed by atoms with Crippen LogP contribution in [0.3, 0.4) is 0 Å². The number of carbonyl (C=O) groups is 1. The second-order valence-corrected chi connectivity index (χ2v) is 4.64. The van der Waals surface area contributed by atoms with Crippen LogP contribution in [0, 0.1) is 17.2 Å². The SMILES string of the molecule is COc1ccc(NC(=O)C[NH+](C)C[C@H](C)C#N)cc1. The number of quaternary nitrogens is 1. The van der Waals surface area contributed by atoms with E-state index in [1.165, 1.54) is 0 Å². The molecular weight excluding hydrogens is 242 g/mol. The van der Waals surface area contributed by atoms with E-state index >= 15 is 0 Å². The summed E-state index contributed by atoms with van der Waals surface area (Å²) in [5, 5.41) is 11.5. The third-order valence-electron chi connectivity index (χ3n) is 2.71. The summed E-state index contributed by atoms with van der Waals surface area (Å²) in [6.07, 6.45) is 0. The van der Waals surface area contributed by atoms with E-state index in [2.05, 4.69) is 11.4 Å². The van der Waals surface area contributed by atoms with Gasteiger partial charge in [0.2, 0.25) is 0 Å². The molecule has 0 spiro atoms. The summed E-state index contributed by atoms with van der Waals surface area (Å²) < 4.78 is 5.05. The van der Waals surface area contributed by atoms with E-state index in [4.69, 9.17) is 10.00 Å². The second kappa shape index (κ2) is 7.39. The Labute approximate surface area is 113 Å². The smallest absolute Gasteiger partial charge is 0.279 e. The molecule has 0 saturated heterocycles. The molecular formula is C14H20N3O2+. The van der Waals surface area contributed by atoms with Gasteiger partial charge in [-0.15, -0.1) is 0 Å². The number of nitriles is 1. The summed E-state index contributed by atoms with van der Waals surface area (Å²) >= 11 is 0. The number of hydrogen-bond acceptors (Lipinski definition) is 3. The maximum atomic E-state index is 11.8. The molecule has 0 aromatic heterocycles. The van der Waals surface area contributed by atoms with Crippen molar-refractivity contribution in [2.24, 2.45) is 5.92 Å². The van der Waals surface area contributed by atoms with Crippen molar-refractivity contribution in [2.45, 2.75) is 6.92 Å². The summed E-state index contributed by atoms with van der Waals surface area (Å²) in [6, 6.07) is 9.35. The number of anilines is 1. The highest BCUT2D eigenvalue weighted by Crippen LogP contribution is 2.14. The monoisotopic (exact) mass is 262 g/mol. The normalized spacial score (nSPS) is 13.2. The van der Waals surface area contributed by atoms with Gasteiger partial charge in [-0.1, -0.05) is 0 Å². The minimum absolute atomic E-state index is 0.0474. The van der Waals surface area contributed by atoms with E-state index in [0.29, 0.717) is 13.1 Å². The maximum Gasteiger partial charge on any atom is 0.279 e. The van der Waals surface area contributed by atoms with Gasteiger partial charge in [0, 0.05) is 5.69 Å². The van der Waals surface area contributed by atoms with Gasteiger partial charge in [0.05, 0.1) is 32.7 Å². The summed E-state index contributed by atoms with van der Waals surface area (Å²) in [4.78, 5) is 12.8. The van der Waals surface area contributed by atoms with Gasteiger partial charge in [-0.2, -0.15) is 5.26 Å². The minimum Gasteiger partial charge on any atom is -0.497 e. The lowest BCUT2D eigenvalue weighted by Crippen LogP contribution is -3.10. The van der Waals surface area contributed by atoms with E-state index in [1.54, 1.807) is 31.4 Å². The maximum absolute atomic E-state index is 11.8. The molecule has 2 atom stereocenters. The zero-order chi connectivity index (χ0) is 14.3. The fraction of sp³-hybridized carbons (Fsp3) is 0.429. The molecule has 2 N–H and O–H groups in total. The Hall–Kier alpha value is -2.06. The molecule has 0 aliphatic heterocycles. The number of likely N-dealkylation sites (N-methyl/N-ethyl adjacent to an activating group) is 1. The zero-order valence-corrected chi connectivity index (χ0v) is 11.6. The molecule has 0 fully saturated rings. The van der Waals surface area contributed by atoms with Crippen molar-refractivity contribution in [1.82, 2.24) is 0 Å². The highest BCUT2D eigenvalue weighted by Gasteiger charge is 2.13. The standard InChI is InChI=1S/C14H19N3O2/c1-11(8-15)9-17(2)10-14(18)16-12-4-6-13(19-3)7-5-12/h4-7,11H,9-10H2,1-3H3,(H,16,18)/p+1/t11-/m1/s1. The number of nitrogens with zero attached hydrogens (tertiary/aromatic N) is 1. The first-order chi connectivity index (χ1) is 9.05. The predicted octanol–water partition coefficient (Wildman–Crippen LogP) is 0.308. The lowest BCUT2D eigenvalue weighted by atomic mass is 10.2. The molecule has 0 aliphatic rings. The third-order valence-corrected chi connectivity index (χ3v) is 2.71. The van der Waals surface area contributed by atoms with Gasteiger partial charge in [0.25, 0.3) is 5.91 Å². The van der Waals surface area contributed by atoms with Crippen molar-refractivity contribution >= 4 is 11.6 Å². The van der Waals surface area contributed by atoms with Crippen LogP contribution in [0.4, 0.5) is 5.69 Å². The number of methoxy groups -OCH3 is 1. The van der Waals surface area contributed by atoms with Gasteiger partial charge >= 0.3 is 0 Å². The van der Waals surface area contributed by atoms with Gasteiger partial charge in [-0.25, -0.2) is 0 Å². The van der Waals surface area contributed by atoms with Crippen LogP contribution in [-0.2, 0) is 4.79 Å². The molecule has 1 aromatic carbocycles. The molecule has 19 heavy (non-hydrogen) atoms. The van der Waals surface area contributed by atoms with Crippen molar-refractivity contribution in [2.75, 3.05) is 32.6 Å². The Morgan fingerprint density at radius 1 is 1.47 bits per heavy atom. The first-order valence-electron chi connectivity index (χ1n) is 6.20. The average molecular weight is 262 g/mol. The molecule has 1 unspecified atom stereocenters. The van der Waals surface area contributed by atoms with Crippen molar-refractivity contribution in [3.63, 3.8) is 0 Å². The molecule has 0 saturated carbocycles. The molecule has 102 valence electrons. The number of rotatable bonds is 6. The van der Waals surface area contributed by atoms with Crippen molar-refractivity contribution in [3.05, 3.63) is 24.3 Å². The Morgan fingerprint density at radius 2 is 2.11 bits per heavy atom. The van der Waals surface area contributed by atoms with E-state index in [-0.39, 0.29) is 11.8 Å². The number of amides is 1. The molecule has 0 aliphatic carbocycles. The van der Waals surface area contributed by atoms with Crippen LogP contribution in [0.5, 0.6) is 5.75 Å². The topological polar surface area (TPSA) is 66.6 Å². The highest BCUT2D eigenvalue weighted by molar-refractivity contribution is 5.91. The van der Waals surface area contributed by atoms with Crippen molar-refractivity contribution in [3.8, 4) is 11.8 Å². The van der Waals surface area contributed by atoms with Crippen LogP contribution < -0.4 is 15.0 Å². The molecule has 0 heterocycles. The summed E-state index contributed by atoms with van der Waals surface area (Å²) in [7, 11) is 3.50. The number of benzene rings is 1. The number of ether oxygens (including phenoxy) is 1. The zero-order valence-electron chi connectivity index (χ0n) is 11.6. The molecule has 0 bridgehead atoms. The largest absolute Gasteiger partial charge is 0.497 e. The number of hydrogen-bond donors (Lipinski definition) is 2. The Morgan fingerprint density at radius 3 is 2.63 bits per heavy atom. The van der Waals surface area contributed by atoms with Crippen molar-refractivity contribution < 1.29 is 14.4 Å². The Bertz CT molecular complexity index is 451. The number of nitrogens with one attached hydrogen (secondary N) is 2. The van der Waals surface area contributed by atoms with Gasteiger partial charge in [-0.05, 0) is 31.2 Å². The summed E-state index contributed by atoms with van der Waals surface area (Å²) in [6.45, 7) is 2.86. The van der Waals surface area contributed by atoms with Crippen LogP contribution in [0.25, 0.3) is 0 Å². The summed E-state index contributed by atoms with van der Waals surface area (Å²) in [5.41, 5.74) is 0.743. The van der Waals surface area contributed by atoms with Gasteiger partial charge in [0.1, 0.15) is 5.75 Å². The molecule has 0 radical (unpaired) electrons. The summed E-state index contributed by atoms with van der Waals surface area (Å²) in [5.74, 6) is 0.644. The fourth-order valence-electron chi connectivity index (χ4n) is 1.79. The first kappa shape index (κ1) is 15.0. The Balaban J connectivity index is 2.44. The Kier molecular flexibility index (Phi) is 5.83. The van der Waals surface area contributed by atoms with Gasteiger partial charge < -0.3 is 15.0 Å². The van der Waals surface area contributed by atoms with Crippen LogP contribution in [-0.4, -0.2) is 33.2 Å². The highest BCUT2D eigenvalue weighted by atomic mass is 16.5. The predicted molar refractivity (Wildman–Crippen MR) is 73.0 cm³/mol. The lowest BCUT2D eigenvalue weighted by Gasteiger charge is -2.14. The van der Waals surface area contributed by atoms with E-state index < -0.39 is 0 Å². The molecule has 1 amide bonds. The molecule has 1 rings (SSSR count). The third kappa shape index (κ3) is 5.40. The molecule has 1 aromatic rings. The van der Waals surface area contributed by atoms with Crippen LogP contribution in [0.1, 0.15) is 6.92 Å². The quantitative estimate of drug-likeness (QED) is 0.775. The fourth-order valence-corrected chi connectivity index (χ4v) is 1.79. The van der Waals surface area contributed by atoms with Crippen LogP contribution in [0.15, 0.2) is 24.3 Å². The number of carbonyl (C=O) groups excluding carboxylic acids is 1. The first-order valence-corrected chi connectivity index (χ1v) is 6.20. The van der Waals surface area contributed by atoms with E-state index in [1.807, 2.05) is 14.0 Å². The average Bonchev–Trinajstić information content (AvgIpc) is 2.39. The van der Waals surface area contributed by atoms with Gasteiger partial charge in [0.15, 0.2) is 6.54 Å². The van der Waals surface area contributed by atoms with E-state index in [9.17, 15) is 4.79 Å².